The number of likely N-dealkylation sites (tertiary alicyclic amines) is 1. The van der Waals surface area contributed by atoms with E-state index in [2.05, 4.69) is 45.2 Å². The van der Waals surface area contributed by atoms with Gasteiger partial charge in [-0.15, -0.1) is 0 Å². The number of pyridine rings is 2. The standard InChI is InChI=1S/C27H32N4O/c32-27(26-9-5-15-29-21-26)31(22-25-8-4-14-28-20-25)19-18-30-16-12-24(13-17-30)11-10-23-6-2-1-3-7-23/h1-9,14-15,20-21,24H,10-13,16-19,22H2. The molecule has 166 valence electrons. The summed E-state index contributed by atoms with van der Waals surface area (Å²) in [6.45, 7) is 4.40. The molecule has 4 rings (SSSR count). The van der Waals surface area contributed by atoms with Crippen molar-refractivity contribution in [2.75, 3.05) is 26.2 Å². The average Bonchev–Trinajstić information content (AvgIpc) is 2.87. The van der Waals surface area contributed by atoms with E-state index in [0.717, 1.165) is 31.1 Å². The molecule has 5 nitrogen and oxygen atoms in total. The first kappa shape index (κ1) is 22.2. The van der Waals surface area contributed by atoms with E-state index in [1.165, 1.54) is 31.2 Å². The highest BCUT2D eigenvalue weighted by Gasteiger charge is 2.22. The van der Waals surface area contributed by atoms with Crippen LogP contribution in [0.25, 0.3) is 0 Å². The summed E-state index contributed by atoms with van der Waals surface area (Å²) in [4.78, 5) is 25.9. The normalized spacial score (nSPS) is 14.9. The number of hydrogen-bond donors (Lipinski definition) is 0. The highest BCUT2D eigenvalue weighted by Crippen LogP contribution is 2.22. The van der Waals surface area contributed by atoms with Crippen molar-refractivity contribution >= 4 is 5.91 Å². The van der Waals surface area contributed by atoms with Crippen LogP contribution in [0.5, 0.6) is 0 Å². The predicted molar refractivity (Wildman–Crippen MR) is 127 cm³/mol. The first-order valence-corrected chi connectivity index (χ1v) is 11.6. The maximum atomic E-state index is 13.1. The highest BCUT2D eigenvalue weighted by molar-refractivity contribution is 5.93. The largest absolute Gasteiger partial charge is 0.333 e. The number of aryl methyl sites for hydroxylation is 1. The molecule has 0 unspecified atom stereocenters. The summed E-state index contributed by atoms with van der Waals surface area (Å²) in [6.07, 6.45) is 11.9. The molecule has 32 heavy (non-hydrogen) atoms. The molecule has 1 aliphatic rings. The lowest BCUT2D eigenvalue weighted by Gasteiger charge is -2.33. The molecule has 0 radical (unpaired) electrons. The van der Waals surface area contributed by atoms with Crippen molar-refractivity contribution in [2.45, 2.75) is 32.2 Å². The molecule has 3 heterocycles. The second-order valence-electron chi connectivity index (χ2n) is 8.64. The van der Waals surface area contributed by atoms with Gasteiger partial charge in [0.2, 0.25) is 0 Å². The van der Waals surface area contributed by atoms with Crippen molar-refractivity contribution in [1.29, 1.82) is 0 Å². The Morgan fingerprint density at radius 3 is 2.31 bits per heavy atom. The number of benzene rings is 1. The van der Waals surface area contributed by atoms with Crippen molar-refractivity contribution in [3.05, 3.63) is 96.1 Å². The van der Waals surface area contributed by atoms with Gasteiger partial charge in [-0.25, -0.2) is 0 Å². The summed E-state index contributed by atoms with van der Waals surface area (Å²) >= 11 is 0. The third-order valence-electron chi connectivity index (χ3n) is 6.37. The van der Waals surface area contributed by atoms with Crippen LogP contribution in [0.4, 0.5) is 0 Å². The molecule has 0 atom stereocenters. The van der Waals surface area contributed by atoms with Gasteiger partial charge in [0.15, 0.2) is 0 Å². The van der Waals surface area contributed by atoms with Gasteiger partial charge in [-0.1, -0.05) is 36.4 Å². The molecule has 5 heteroatoms. The fraction of sp³-hybridized carbons (Fsp3) is 0.370. The molecule has 0 aliphatic carbocycles. The van der Waals surface area contributed by atoms with Crippen molar-refractivity contribution in [3.63, 3.8) is 0 Å². The molecule has 1 aliphatic heterocycles. The summed E-state index contributed by atoms with van der Waals surface area (Å²) in [7, 11) is 0. The Bertz CT molecular complexity index is 941. The zero-order chi connectivity index (χ0) is 22.0. The van der Waals surface area contributed by atoms with E-state index in [1.54, 1.807) is 18.6 Å². The second-order valence-corrected chi connectivity index (χ2v) is 8.64. The van der Waals surface area contributed by atoms with Gasteiger partial charge in [-0.05, 0) is 74.0 Å². The summed E-state index contributed by atoms with van der Waals surface area (Å²) in [5, 5.41) is 0. The highest BCUT2D eigenvalue weighted by atomic mass is 16.2. The van der Waals surface area contributed by atoms with E-state index in [0.29, 0.717) is 18.7 Å². The maximum Gasteiger partial charge on any atom is 0.255 e. The van der Waals surface area contributed by atoms with Crippen molar-refractivity contribution in [3.8, 4) is 0 Å². The molecule has 1 fully saturated rings. The van der Waals surface area contributed by atoms with Crippen LogP contribution in [0.15, 0.2) is 79.4 Å². The number of carbonyl (C=O) groups excluding carboxylic acids is 1. The van der Waals surface area contributed by atoms with Crippen LogP contribution in [-0.2, 0) is 13.0 Å². The van der Waals surface area contributed by atoms with Gasteiger partial charge in [0.05, 0.1) is 5.56 Å². The molecule has 0 saturated carbocycles. The first-order chi connectivity index (χ1) is 15.8. The van der Waals surface area contributed by atoms with Crippen LogP contribution in [0.1, 0.15) is 40.7 Å². The first-order valence-electron chi connectivity index (χ1n) is 11.6. The molecule has 1 aromatic carbocycles. The molecular weight excluding hydrogens is 396 g/mol. The summed E-state index contributed by atoms with van der Waals surface area (Å²) in [5.41, 5.74) is 3.12. The van der Waals surface area contributed by atoms with Crippen LogP contribution < -0.4 is 0 Å². The second kappa shape index (κ2) is 11.5. The zero-order valence-electron chi connectivity index (χ0n) is 18.6. The number of piperidine rings is 1. The van der Waals surface area contributed by atoms with E-state index < -0.39 is 0 Å². The lowest BCUT2D eigenvalue weighted by molar-refractivity contribution is 0.0706. The predicted octanol–water partition coefficient (Wildman–Crippen LogP) is 4.46. The van der Waals surface area contributed by atoms with Gasteiger partial charge in [-0.2, -0.15) is 0 Å². The smallest absolute Gasteiger partial charge is 0.255 e. The number of nitrogens with zero attached hydrogens (tertiary/aromatic N) is 4. The Morgan fingerprint density at radius 1 is 0.906 bits per heavy atom. The van der Waals surface area contributed by atoms with Crippen LogP contribution in [-0.4, -0.2) is 51.9 Å². The minimum absolute atomic E-state index is 0.0275. The van der Waals surface area contributed by atoms with E-state index in [9.17, 15) is 4.79 Å². The van der Waals surface area contributed by atoms with Gasteiger partial charge in [-0.3, -0.25) is 14.8 Å². The minimum Gasteiger partial charge on any atom is -0.333 e. The molecular formula is C27H32N4O. The van der Waals surface area contributed by atoms with Crippen LogP contribution in [0, 0.1) is 5.92 Å². The summed E-state index contributed by atoms with van der Waals surface area (Å²) < 4.78 is 0. The average molecular weight is 429 g/mol. The Morgan fingerprint density at radius 2 is 1.62 bits per heavy atom. The molecule has 3 aromatic rings. The van der Waals surface area contributed by atoms with E-state index >= 15 is 0 Å². The van der Waals surface area contributed by atoms with Crippen LogP contribution in [0.2, 0.25) is 0 Å². The molecule has 1 saturated heterocycles. The SMILES string of the molecule is O=C(c1cccnc1)N(CCN1CCC(CCc2ccccc2)CC1)Cc1cccnc1. The maximum absolute atomic E-state index is 13.1. The fourth-order valence-corrected chi connectivity index (χ4v) is 4.41. The molecule has 1 amide bonds. The molecule has 0 spiro atoms. The third-order valence-corrected chi connectivity index (χ3v) is 6.37. The topological polar surface area (TPSA) is 49.3 Å². The Balaban J connectivity index is 1.28. The van der Waals surface area contributed by atoms with Crippen molar-refractivity contribution < 1.29 is 4.79 Å². The molecule has 2 aromatic heterocycles. The molecule has 0 bridgehead atoms. The van der Waals surface area contributed by atoms with Crippen LogP contribution >= 0.6 is 0 Å². The van der Waals surface area contributed by atoms with Crippen LogP contribution in [0.3, 0.4) is 0 Å². The van der Waals surface area contributed by atoms with Gasteiger partial charge in [0.25, 0.3) is 5.91 Å². The lowest BCUT2D eigenvalue weighted by atomic mass is 9.90. The summed E-state index contributed by atoms with van der Waals surface area (Å²) in [5.74, 6) is 0.828. The van der Waals surface area contributed by atoms with Gasteiger partial charge in [0, 0.05) is 44.4 Å². The minimum atomic E-state index is 0.0275. The van der Waals surface area contributed by atoms with Crippen molar-refractivity contribution in [1.82, 2.24) is 19.8 Å². The number of amides is 1. The lowest BCUT2D eigenvalue weighted by Crippen LogP contribution is -2.41. The Labute approximate surface area is 191 Å². The molecule has 0 N–H and O–H groups in total. The van der Waals surface area contributed by atoms with Gasteiger partial charge in [0.1, 0.15) is 0 Å². The third kappa shape index (κ3) is 6.47. The monoisotopic (exact) mass is 428 g/mol. The Hall–Kier alpha value is -3.05. The number of aromatic nitrogens is 2. The summed E-state index contributed by atoms with van der Waals surface area (Å²) in [6, 6.07) is 18.4. The van der Waals surface area contributed by atoms with Gasteiger partial charge < -0.3 is 9.80 Å². The zero-order valence-corrected chi connectivity index (χ0v) is 18.6. The van der Waals surface area contributed by atoms with E-state index in [4.69, 9.17) is 0 Å². The number of hydrogen-bond acceptors (Lipinski definition) is 4. The van der Waals surface area contributed by atoms with Gasteiger partial charge >= 0.3 is 0 Å². The van der Waals surface area contributed by atoms with Crippen molar-refractivity contribution in [2.24, 2.45) is 5.92 Å². The Kier molecular flexibility index (Phi) is 7.99. The van der Waals surface area contributed by atoms with E-state index in [-0.39, 0.29) is 5.91 Å². The fourth-order valence-electron chi connectivity index (χ4n) is 4.41. The number of carbonyl (C=O) groups is 1. The van der Waals surface area contributed by atoms with E-state index in [1.807, 2.05) is 35.4 Å². The quantitative estimate of drug-likeness (QED) is 0.505. The number of rotatable bonds is 9.